The molecule has 0 saturated carbocycles. The second kappa shape index (κ2) is 8.67. The van der Waals surface area contributed by atoms with Gasteiger partial charge in [-0.15, -0.1) is 5.10 Å². The van der Waals surface area contributed by atoms with E-state index >= 15 is 0 Å². The molecule has 2 heterocycles. The SMILES string of the molecule is CCc1nn(-c2ccc3c(c2)CCNCC3)c(=O)n1-c1ccc(CCC(=O)O)cc1. The largest absolute Gasteiger partial charge is 0.481 e. The van der Waals surface area contributed by atoms with Gasteiger partial charge in [-0.25, -0.2) is 9.36 Å². The van der Waals surface area contributed by atoms with Crippen LogP contribution in [0.1, 0.15) is 35.9 Å². The lowest BCUT2D eigenvalue weighted by molar-refractivity contribution is -0.136. The maximum Gasteiger partial charge on any atom is 0.355 e. The predicted molar refractivity (Wildman–Crippen MR) is 115 cm³/mol. The van der Waals surface area contributed by atoms with E-state index in [1.54, 1.807) is 4.57 Å². The van der Waals surface area contributed by atoms with Crippen molar-refractivity contribution >= 4 is 5.97 Å². The Morgan fingerprint density at radius 1 is 1.07 bits per heavy atom. The summed E-state index contributed by atoms with van der Waals surface area (Å²) in [5, 5.41) is 16.9. The number of hydrogen-bond acceptors (Lipinski definition) is 4. The molecule has 7 heteroatoms. The highest BCUT2D eigenvalue weighted by atomic mass is 16.4. The van der Waals surface area contributed by atoms with Crippen LogP contribution in [0.15, 0.2) is 47.3 Å². The van der Waals surface area contributed by atoms with Crippen LogP contribution in [0.2, 0.25) is 0 Å². The Balaban J connectivity index is 1.69. The van der Waals surface area contributed by atoms with E-state index in [0.29, 0.717) is 18.7 Å². The molecule has 0 amide bonds. The summed E-state index contributed by atoms with van der Waals surface area (Å²) >= 11 is 0. The van der Waals surface area contributed by atoms with Crippen molar-refractivity contribution in [2.75, 3.05) is 13.1 Å². The fraction of sp³-hybridized carbons (Fsp3) is 0.348. The van der Waals surface area contributed by atoms with Crippen LogP contribution in [0.3, 0.4) is 0 Å². The second-order valence-corrected chi connectivity index (χ2v) is 7.56. The molecule has 156 valence electrons. The third-order valence-corrected chi connectivity index (χ3v) is 5.56. The Kier molecular flexibility index (Phi) is 5.81. The van der Waals surface area contributed by atoms with Gasteiger partial charge in [0, 0.05) is 12.8 Å². The number of aliphatic carboxylic acids is 1. The molecule has 1 aromatic heterocycles. The quantitative estimate of drug-likeness (QED) is 0.656. The van der Waals surface area contributed by atoms with Crippen molar-refractivity contribution in [3.05, 3.63) is 75.5 Å². The normalized spacial score (nSPS) is 13.6. The second-order valence-electron chi connectivity index (χ2n) is 7.56. The predicted octanol–water partition coefficient (Wildman–Crippen LogP) is 2.29. The van der Waals surface area contributed by atoms with Gasteiger partial charge in [0.05, 0.1) is 11.4 Å². The molecule has 7 nitrogen and oxygen atoms in total. The number of aryl methyl sites for hydroxylation is 2. The zero-order chi connectivity index (χ0) is 21.1. The molecule has 1 aliphatic rings. The number of hydrogen-bond donors (Lipinski definition) is 2. The summed E-state index contributed by atoms with van der Waals surface area (Å²) in [6, 6.07) is 13.6. The molecule has 0 radical (unpaired) electrons. The highest BCUT2D eigenvalue weighted by Gasteiger charge is 2.17. The van der Waals surface area contributed by atoms with Crippen LogP contribution in [-0.2, 0) is 30.5 Å². The van der Waals surface area contributed by atoms with Gasteiger partial charge in [-0.2, -0.15) is 4.68 Å². The van der Waals surface area contributed by atoms with Crippen molar-refractivity contribution in [2.45, 2.75) is 39.0 Å². The van der Waals surface area contributed by atoms with E-state index in [4.69, 9.17) is 5.11 Å². The number of nitrogens with zero attached hydrogens (tertiary/aromatic N) is 3. The maximum absolute atomic E-state index is 13.3. The minimum Gasteiger partial charge on any atom is -0.481 e. The third-order valence-electron chi connectivity index (χ3n) is 5.56. The molecular formula is C23H26N4O3. The first kappa shape index (κ1) is 20.1. The summed E-state index contributed by atoms with van der Waals surface area (Å²) in [5.41, 5.74) is 4.84. The third kappa shape index (κ3) is 4.07. The molecule has 1 aliphatic heterocycles. The van der Waals surface area contributed by atoms with Gasteiger partial charge >= 0.3 is 11.7 Å². The van der Waals surface area contributed by atoms with Crippen molar-refractivity contribution in [3.8, 4) is 11.4 Å². The zero-order valence-electron chi connectivity index (χ0n) is 17.1. The van der Waals surface area contributed by atoms with Crippen LogP contribution in [0.4, 0.5) is 0 Å². The Morgan fingerprint density at radius 2 is 1.77 bits per heavy atom. The summed E-state index contributed by atoms with van der Waals surface area (Å²) in [4.78, 5) is 24.0. The van der Waals surface area contributed by atoms with Gasteiger partial charge in [0.15, 0.2) is 0 Å². The van der Waals surface area contributed by atoms with Gasteiger partial charge in [0.1, 0.15) is 5.82 Å². The molecule has 2 N–H and O–H groups in total. The monoisotopic (exact) mass is 406 g/mol. The molecule has 0 saturated heterocycles. The molecule has 0 unspecified atom stereocenters. The molecule has 2 aromatic carbocycles. The summed E-state index contributed by atoms with van der Waals surface area (Å²) < 4.78 is 3.12. The molecule has 30 heavy (non-hydrogen) atoms. The number of nitrogens with one attached hydrogen (secondary N) is 1. The lowest BCUT2D eigenvalue weighted by Gasteiger charge is -2.08. The first-order valence-corrected chi connectivity index (χ1v) is 10.4. The highest BCUT2D eigenvalue weighted by molar-refractivity contribution is 5.67. The number of carboxylic acid groups (broad SMARTS) is 1. The first-order chi connectivity index (χ1) is 14.6. The van der Waals surface area contributed by atoms with Crippen molar-refractivity contribution in [1.29, 1.82) is 0 Å². The Labute approximate surface area is 175 Å². The number of fused-ring (bicyclic) bond motifs is 1. The van der Waals surface area contributed by atoms with Crippen LogP contribution in [0.5, 0.6) is 0 Å². The Hall–Kier alpha value is -3.19. The van der Waals surface area contributed by atoms with Crippen molar-refractivity contribution in [3.63, 3.8) is 0 Å². The van der Waals surface area contributed by atoms with Crippen LogP contribution >= 0.6 is 0 Å². The Bertz CT molecular complexity index is 1110. The molecule has 0 bridgehead atoms. The molecular weight excluding hydrogens is 380 g/mol. The van der Waals surface area contributed by atoms with E-state index in [1.807, 2.05) is 37.3 Å². The minimum atomic E-state index is -0.818. The standard InChI is InChI=1S/C23H26N4O3/c1-2-21-25-27(20-9-6-17-11-13-24-14-12-18(17)15-20)23(30)26(21)19-7-3-16(4-8-19)5-10-22(28)29/h3-4,6-9,15,24H,2,5,10-14H2,1H3,(H,28,29). The number of aromatic nitrogens is 3. The molecule has 0 aliphatic carbocycles. The lowest BCUT2D eigenvalue weighted by Crippen LogP contribution is -2.23. The van der Waals surface area contributed by atoms with Gasteiger partial charge in [-0.3, -0.25) is 4.79 Å². The smallest absolute Gasteiger partial charge is 0.355 e. The number of benzene rings is 2. The van der Waals surface area contributed by atoms with E-state index in [1.165, 1.54) is 15.8 Å². The average Bonchev–Trinajstić information content (AvgIpc) is 2.92. The number of rotatable bonds is 6. The van der Waals surface area contributed by atoms with Gasteiger partial charge in [0.2, 0.25) is 0 Å². The highest BCUT2D eigenvalue weighted by Crippen LogP contribution is 2.18. The average molecular weight is 406 g/mol. The fourth-order valence-corrected chi connectivity index (χ4v) is 3.92. The summed E-state index contributed by atoms with van der Waals surface area (Å²) in [7, 11) is 0. The van der Waals surface area contributed by atoms with E-state index in [2.05, 4.69) is 22.5 Å². The van der Waals surface area contributed by atoms with Gasteiger partial charge in [-0.05, 0) is 73.3 Å². The molecule has 3 aromatic rings. The topological polar surface area (TPSA) is 89.2 Å². The first-order valence-electron chi connectivity index (χ1n) is 10.4. The van der Waals surface area contributed by atoms with Gasteiger partial charge < -0.3 is 10.4 Å². The molecule has 4 rings (SSSR count). The maximum atomic E-state index is 13.3. The molecule has 0 spiro atoms. The van der Waals surface area contributed by atoms with E-state index in [-0.39, 0.29) is 12.1 Å². The van der Waals surface area contributed by atoms with E-state index < -0.39 is 5.97 Å². The van der Waals surface area contributed by atoms with Crippen LogP contribution in [-0.4, -0.2) is 38.5 Å². The van der Waals surface area contributed by atoms with Crippen LogP contribution < -0.4 is 11.0 Å². The van der Waals surface area contributed by atoms with Crippen LogP contribution in [0, 0.1) is 0 Å². The lowest BCUT2D eigenvalue weighted by atomic mass is 10.0. The van der Waals surface area contributed by atoms with E-state index in [0.717, 1.165) is 42.9 Å². The summed E-state index contributed by atoms with van der Waals surface area (Å²) in [6.07, 6.45) is 3.11. The zero-order valence-corrected chi connectivity index (χ0v) is 17.1. The van der Waals surface area contributed by atoms with Gasteiger partial charge in [-0.1, -0.05) is 25.1 Å². The molecule has 0 atom stereocenters. The Morgan fingerprint density at radius 3 is 2.47 bits per heavy atom. The van der Waals surface area contributed by atoms with Crippen molar-refractivity contribution in [1.82, 2.24) is 19.7 Å². The summed E-state index contributed by atoms with van der Waals surface area (Å²) in [5.74, 6) is -0.128. The minimum absolute atomic E-state index is 0.0886. The molecule has 0 fully saturated rings. The summed E-state index contributed by atoms with van der Waals surface area (Å²) in [6.45, 7) is 3.89. The van der Waals surface area contributed by atoms with Crippen LogP contribution in [0.25, 0.3) is 11.4 Å². The number of carbonyl (C=O) groups is 1. The van der Waals surface area contributed by atoms with Gasteiger partial charge in [0.25, 0.3) is 0 Å². The van der Waals surface area contributed by atoms with Crippen molar-refractivity contribution in [2.24, 2.45) is 0 Å². The van der Waals surface area contributed by atoms with Crippen molar-refractivity contribution < 1.29 is 9.90 Å². The fourth-order valence-electron chi connectivity index (χ4n) is 3.92. The number of carboxylic acids is 1. The van der Waals surface area contributed by atoms with E-state index in [9.17, 15) is 9.59 Å².